The number of likely N-dealkylation sites (tertiary alicyclic amines) is 1. The van der Waals surface area contributed by atoms with Gasteiger partial charge in [-0.1, -0.05) is 57.8 Å². The number of carbonyl (C=O) groups is 4. The van der Waals surface area contributed by atoms with Gasteiger partial charge in [0.25, 0.3) is 5.91 Å². The molecule has 41 heavy (non-hydrogen) atoms. The zero-order chi connectivity index (χ0) is 29.5. The van der Waals surface area contributed by atoms with Crippen molar-refractivity contribution < 1.29 is 28.8 Å². The summed E-state index contributed by atoms with van der Waals surface area (Å²) >= 11 is 6.31. The molecule has 11 heteroatoms. The van der Waals surface area contributed by atoms with Crippen molar-refractivity contribution in [3.05, 3.63) is 34.3 Å². The number of ether oxygens (including phenoxy) is 1. The van der Waals surface area contributed by atoms with Gasteiger partial charge in [-0.05, 0) is 53.7 Å². The van der Waals surface area contributed by atoms with Gasteiger partial charge < -0.3 is 15.0 Å². The van der Waals surface area contributed by atoms with Gasteiger partial charge in [0.15, 0.2) is 0 Å². The molecule has 5 rings (SSSR count). The number of rotatable bonds is 9. The van der Waals surface area contributed by atoms with Crippen LogP contribution in [0.1, 0.15) is 77.3 Å². The smallest absolute Gasteiger partial charge is 0.410 e. The van der Waals surface area contributed by atoms with Crippen molar-refractivity contribution >= 4 is 35.4 Å². The first kappa shape index (κ1) is 29.6. The van der Waals surface area contributed by atoms with Gasteiger partial charge in [0, 0.05) is 24.4 Å². The molecule has 0 spiro atoms. The fourth-order valence-electron chi connectivity index (χ4n) is 5.90. The molecule has 0 aromatic heterocycles. The van der Waals surface area contributed by atoms with E-state index in [4.69, 9.17) is 21.2 Å². The average molecular weight is 589 g/mol. The Bertz CT molecular complexity index is 1210. The molecule has 1 aromatic carbocycles. The Kier molecular flexibility index (Phi) is 8.27. The predicted octanol–water partition coefficient (Wildman–Crippen LogP) is 3.94. The Balaban J connectivity index is 1.26. The van der Waals surface area contributed by atoms with E-state index in [9.17, 15) is 19.2 Å². The molecule has 0 bridgehead atoms. The van der Waals surface area contributed by atoms with Crippen LogP contribution in [0.25, 0.3) is 0 Å². The molecule has 4 amide bonds. The Morgan fingerprint density at radius 3 is 2.54 bits per heavy atom. The summed E-state index contributed by atoms with van der Waals surface area (Å²) in [6, 6.07) is 4.72. The van der Waals surface area contributed by atoms with E-state index < -0.39 is 29.7 Å². The van der Waals surface area contributed by atoms with Gasteiger partial charge in [-0.2, -0.15) is 0 Å². The van der Waals surface area contributed by atoms with E-state index in [-0.39, 0.29) is 42.5 Å². The highest BCUT2D eigenvalue weighted by Gasteiger charge is 2.61. The standard InChI is InChI=1S/C30H41ClN4O6/c1-5-20-12-30(20,27(38)33-40-17-18-9-10-18)32-26(37)24-11-21(15-35(24)25(36)13-29(2,3)4)41-28(39)34-14-19-7-6-8-23(31)22(19)16-34/h6-8,18,20-21,24H,5,9-17H2,1-4H3,(H,32,37)(H,33,38)/t20-,21-,24+,30-/m1/s1. The topological polar surface area (TPSA) is 117 Å². The van der Waals surface area contributed by atoms with Crippen molar-refractivity contribution in [1.82, 2.24) is 20.6 Å². The Morgan fingerprint density at radius 2 is 1.90 bits per heavy atom. The second-order valence-corrected chi connectivity index (χ2v) is 13.6. The predicted molar refractivity (Wildman–Crippen MR) is 151 cm³/mol. The third-order valence-corrected chi connectivity index (χ3v) is 8.90. The van der Waals surface area contributed by atoms with Crippen LogP contribution in [-0.2, 0) is 37.0 Å². The first-order valence-electron chi connectivity index (χ1n) is 14.7. The summed E-state index contributed by atoms with van der Waals surface area (Å²) in [6.45, 7) is 9.16. The molecule has 4 atom stereocenters. The van der Waals surface area contributed by atoms with Crippen LogP contribution in [0.15, 0.2) is 18.2 Å². The van der Waals surface area contributed by atoms with Crippen molar-refractivity contribution in [2.24, 2.45) is 17.3 Å². The Morgan fingerprint density at radius 1 is 1.15 bits per heavy atom. The van der Waals surface area contributed by atoms with Crippen molar-refractivity contribution in [1.29, 1.82) is 0 Å². The molecule has 1 saturated heterocycles. The lowest BCUT2D eigenvalue weighted by Crippen LogP contribution is -2.55. The Hall–Kier alpha value is -2.85. The molecule has 2 N–H and O–H groups in total. The molecule has 0 radical (unpaired) electrons. The molecule has 4 aliphatic rings. The minimum absolute atomic E-state index is 0.0200. The second kappa shape index (κ2) is 11.4. The van der Waals surface area contributed by atoms with E-state index in [1.165, 1.54) is 4.90 Å². The van der Waals surface area contributed by atoms with E-state index in [0.717, 1.165) is 30.4 Å². The van der Waals surface area contributed by atoms with Crippen LogP contribution in [0.3, 0.4) is 0 Å². The fraction of sp³-hybridized carbons (Fsp3) is 0.667. The number of hydrogen-bond donors (Lipinski definition) is 2. The number of nitrogens with one attached hydrogen (secondary N) is 2. The summed E-state index contributed by atoms with van der Waals surface area (Å²) in [7, 11) is 0. The van der Waals surface area contributed by atoms with Gasteiger partial charge in [0.1, 0.15) is 17.7 Å². The summed E-state index contributed by atoms with van der Waals surface area (Å²) in [5.41, 5.74) is 3.05. The quantitative estimate of drug-likeness (QED) is 0.422. The lowest BCUT2D eigenvalue weighted by atomic mass is 9.91. The normalized spacial score (nSPS) is 26.9. The number of fused-ring (bicyclic) bond motifs is 1. The summed E-state index contributed by atoms with van der Waals surface area (Å²) in [5.74, 6) is -0.508. The monoisotopic (exact) mass is 588 g/mol. The van der Waals surface area contributed by atoms with Crippen molar-refractivity contribution in [3.8, 4) is 0 Å². The third-order valence-electron chi connectivity index (χ3n) is 8.55. The zero-order valence-corrected chi connectivity index (χ0v) is 25.1. The molecule has 2 aliphatic heterocycles. The van der Waals surface area contributed by atoms with Crippen LogP contribution in [0.5, 0.6) is 0 Å². The first-order valence-corrected chi connectivity index (χ1v) is 15.0. The minimum Gasteiger partial charge on any atom is -0.444 e. The van der Waals surface area contributed by atoms with Crippen LogP contribution in [0.2, 0.25) is 5.02 Å². The van der Waals surface area contributed by atoms with Gasteiger partial charge in [0.05, 0.1) is 19.7 Å². The molecule has 10 nitrogen and oxygen atoms in total. The van der Waals surface area contributed by atoms with Crippen molar-refractivity contribution in [2.45, 2.75) is 97.0 Å². The summed E-state index contributed by atoms with van der Waals surface area (Å²) in [6.07, 6.45) is 2.64. The van der Waals surface area contributed by atoms with Gasteiger partial charge in [-0.25, -0.2) is 10.3 Å². The number of amides is 4. The third kappa shape index (κ3) is 6.64. The van der Waals surface area contributed by atoms with Crippen LogP contribution in [0.4, 0.5) is 4.79 Å². The van der Waals surface area contributed by atoms with Crippen LogP contribution in [-0.4, -0.2) is 64.5 Å². The zero-order valence-electron chi connectivity index (χ0n) is 24.3. The summed E-state index contributed by atoms with van der Waals surface area (Å²) in [5, 5.41) is 3.58. The Labute approximate surface area is 246 Å². The second-order valence-electron chi connectivity index (χ2n) is 13.2. The molecule has 3 fully saturated rings. The SMILES string of the molecule is CC[C@@H]1C[C@]1(NC(=O)[C@@H]1C[C@@H](OC(=O)N2Cc3cccc(Cl)c3C2)CN1C(=O)CC(C)(C)C)C(=O)NOCC1CC1. The van der Waals surface area contributed by atoms with E-state index in [0.29, 0.717) is 37.1 Å². The molecule has 2 aliphatic carbocycles. The summed E-state index contributed by atoms with van der Waals surface area (Å²) < 4.78 is 5.84. The molecule has 224 valence electrons. The molecule has 0 unspecified atom stereocenters. The largest absolute Gasteiger partial charge is 0.444 e. The highest BCUT2D eigenvalue weighted by Crippen LogP contribution is 2.46. The van der Waals surface area contributed by atoms with Gasteiger partial charge >= 0.3 is 6.09 Å². The number of carbonyl (C=O) groups excluding carboxylic acids is 4. The van der Waals surface area contributed by atoms with Crippen LogP contribution < -0.4 is 10.8 Å². The lowest BCUT2D eigenvalue weighted by molar-refractivity contribution is -0.143. The van der Waals surface area contributed by atoms with Gasteiger partial charge in [-0.3, -0.25) is 24.1 Å². The van der Waals surface area contributed by atoms with Gasteiger partial charge in [-0.15, -0.1) is 0 Å². The fourth-order valence-corrected chi connectivity index (χ4v) is 6.16. The first-order chi connectivity index (χ1) is 19.4. The van der Waals surface area contributed by atoms with E-state index in [1.54, 1.807) is 11.0 Å². The molecule has 1 aromatic rings. The average Bonchev–Trinajstić information content (AvgIpc) is 3.76. The molecule has 2 heterocycles. The van der Waals surface area contributed by atoms with Crippen LogP contribution in [0, 0.1) is 17.3 Å². The lowest BCUT2D eigenvalue weighted by Gasteiger charge is -2.29. The van der Waals surface area contributed by atoms with E-state index >= 15 is 0 Å². The van der Waals surface area contributed by atoms with Gasteiger partial charge in [0.2, 0.25) is 11.8 Å². The number of halogens is 1. The molecule has 2 saturated carbocycles. The maximum atomic E-state index is 13.7. The van der Waals surface area contributed by atoms with Crippen molar-refractivity contribution in [3.63, 3.8) is 0 Å². The maximum Gasteiger partial charge on any atom is 0.410 e. The number of nitrogens with zero attached hydrogens (tertiary/aromatic N) is 2. The van der Waals surface area contributed by atoms with Crippen LogP contribution >= 0.6 is 11.6 Å². The van der Waals surface area contributed by atoms with Crippen molar-refractivity contribution in [2.75, 3.05) is 13.2 Å². The highest BCUT2D eigenvalue weighted by atomic mass is 35.5. The van der Waals surface area contributed by atoms with E-state index in [1.807, 2.05) is 39.8 Å². The van der Waals surface area contributed by atoms with E-state index in [2.05, 4.69) is 10.8 Å². The highest BCUT2D eigenvalue weighted by molar-refractivity contribution is 6.31. The molecular formula is C30H41ClN4O6. The summed E-state index contributed by atoms with van der Waals surface area (Å²) in [4.78, 5) is 61.8. The number of benzene rings is 1. The molecular weight excluding hydrogens is 548 g/mol. The number of hydrogen-bond acceptors (Lipinski definition) is 6. The number of hydroxylamine groups is 1. The maximum absolute atomic E-state index is 13.7. The minimum atomic E-state index is -1.07.